The standard InChI is InChI=1S/C16H18BrClF3N5O/c1-24(8-11-10(18)7-22-25(11)2)12(27)5-6-26-14(9-3-4-9)13(17)15(23-26)16(19,20)21/h7,9H,3-6,8H2,1-2H3. The SMILES string of the molecule is CN(Cc1c(Cl)cnn1C)C(=O)CCn1nc(C(F)(F)F)c(Br)c1C1CC1. The molecule has 27 heavy (non-hydrogen) atoms. The molecule has 0 atom stereocenters. The van der Waals surface area contributed by atoms with Gasteiger partial charge in [-0.05, 0) is 28.8 Å². The van der Waals surface area contributed by atoms with Crippen LogP contribution in [0, 0.1) is 0 Å². The van der Waals surface area contributed by atoms with E-state index in [1.807, 2.05) is 0 Å². The summed E-state index contributed by atoms with van der Waals surface area (Å²) in [6.07, 6.45) is -1.35. The third-order valence-electron chi connectivity index (χ3n) is 4.52. The minimum Gasteiger partial charge on any atom is -0.340 e. The average molecular weight is 469 g/mol. The van der Waals surface area contributed by atoms with Crippen LogP contribution in [-0.2, 0) is 31.1 Å². The molecule has 2 aromatic rings. The first-order valence-electron chi connectivity index (χ1n) is 8.33. The Balaban J connectivity index is 1.70. The van der Waals surface area contributed by atoms with Crippen LogP contribution < -0.4 is 0 Å². The number of aromatic nitrogens is 4. The number of hydrogen-bond donors (Lipinski definition) is 0. The van der Waals surface area contributed by atoms with E-state index in [0.717, 1.165) is 12.8 Å². The third kappa shape index (κ3) is 4.31. The highest BCUT2D eigenvalue weighted by atomic mass is 79.9. The Hall–Kier alpha value is -1.55. The second-order valence-electron chi connectivity index (χ2n) is 6.61. The van der Waals surface area contributed by atoms with Gasteiger partial charge in [-0.2, -0.15) is 23.4 Å². The van der Waals surface area contributed by atoms with E-state index in [1.165, 1.54) is 15.8 Å². The molecule has 1 aliphatic rings. The molecule has 1 aliphatic carbocycles. The Bertz CT molecular complexity index is 840. The van der Waals surface area contributed by atoms with Gasteiger partial charge in [0.2, 0.25) is 5.91 Å². The molecule has 3 rings (SSSR count). The zero-order valence-electron chi connectivity index (χ0n) is 14.7. The first kappa shape index (κ1) is 20.2. The lowest BCUT2D eigenvalue weighted by Gasteiger charge is -2.18. The van der Waals surface area contributed by atoms with Gasteiger partial charge in [-0.25, -0.2) is 0 Å². The minimum atomic E-state index is -4.54. The van der Waals surface area contributed by atoms with Crippen LogP contribution in [0.5, 0.6) is 0 Å². The highest BCUT2D eigenvalue weighted by Crippen LogP contribution is 2.47. The number of amides is 1. The minimum absolute atomic E-state index is 0.0139. The van der Waals surface area contributed by atoms with Gasteiger partial charge in [-0.1, -0.05) is 11.6 Å². The number of halogens is 5. The van der Waals surface area contributed by atoms with E-state index >= 15 is 0 Å². The van der Waals surface area contributed by atoms with E-state index in [9.17, 15) is 18.0 Å². The molecule has 1 saturated carbocycles. The Morgan fingerprint density at radius 2 is 2.11 bits per heavy atom. The molecule has 1 amide bonds. The van der Waals surface area contributed by atoms with Crippen molar-refractivity contribution in [3.63, 3.8) is 0 Å². The lowest BCUT2D eigenvalue weighted by Crippen LogP contribution is -2.28. The third-order valence-corrected chi connectivity index (χ3v) is 5.62. The molecule has 0 unspecified atom stereocenters. The smallest absolute Gasteiger partial charge is 0.340 e. The van der Waals surface area contributed by atoms with Crippen molar-refractivity contribution in [3.05, 3.63) is 32.8 Å². The molecular weight excluding hydrogens is 451 g/mol. The van der Waals surface area contributed by atoms with Crippen molar-refractivity contribution in [2.45, 2.75) is 44.4 Å². The number of carbonyl (C=O) groups is 1. The summed E-state index contributed by atoms with van der Waals surface area (Å²) < 4.78 is 42.3. The van der Waals surface area contributed by atoms with Gasteiger partial charge in [0.1, 0.15) is 0 Å². The first-order chi connectivity index (χ1) is 12.6. The van der Waals surface area contributed by atoms with Gasteiger partial charge in [0.05, 0.1) is 40.2 Å². The number of rotatable bonds is 6. The topological polar surface area (TPSA) is 56.0 Å². The number of nitrogens with zero attached hydrogens (tertiary/aromatic N) is 5. The van der Waals surface area contributed by atoms with Gasteiger partial charge in [0.15, 0.2) is 5.69 Å². The number of alkyl halides is 3. The Morgan fingerprint density at radius 1 is 1.44 bits per heavy atom. The molecule has 0 N–H and O–H groups in total. The number of aryl methyl sites for hydroxylation is 2. The van der Waals surface area contributed by atoms with Crippen LogP contribution in [0.15, 0.2) is 10.7 Å². The largest absolute Gasteiger partial charge is 0.436 e. The van der Waals surface area contributed by atoms with Crippen LogP contribution in [0.3, 0.4) is 0 Å². The Labute approximate surface area is 167 Å². The Kier molecular flexibility index (Phi) is 5.58. The average Bonchev–Trinajstić information content (AvgIpc) is 3.29. The molecule has 6 nitrogen and oxygen atoms in total. The van der Waals surface area contributed by atoms with E-state index in [1.54, 1.807) is 18.8 Å². The van der Waals surface area contributed by atoms with Crippen molar-refractivity contribution in [2.75, 3.05) is 7.05 Å². The van der Waals surface area contributed by atoms with Crippen molar-refractivity contribution < 1.29 is 18.0 Å². The molecular formula is C16H18BrClF3N5O. The van der Waals surface area contributed by atoms with E-state index in [-0.39, 0.29) is 35.8 Å². The number of hydrogen-bond acceptors (Lipinski definition) is 3. The predicted molar refractivity (Wildman–Crippen MR) is 96.2 cm³/mol. The van der Waals surface area contributed by atoms with Crippen LogP contribution in [0.25, 0.3) is 0 Å². The maximum absolute atomic E-state index is 13.1. The maximum atomic E-state index is 13.1. The second kappa shape index (κ2) is 7.46. The van der Waals surface area contributed by atoms with Crippen LogP contribution in [0.1, 0.15) is 42.3 Å². The van der Waals surface area contributed by atoms with Crippen molar-refractivity contribution in [2.24, 2.45) is 7.05 Å². The highest BCUT2D eigenvalue weighted by molar-refractivity contribution is 9.10. The van der Waals surface area contributed by atoms with Gasteiger partial charge >= 0.3 is 6.18 Å². The van der Waals surface area contributed by atoms with Crippen LogP contribution in [0.2, 0.25) is 5.02 Å². The molecule has 0 aliphatic heterocycles. The van der Waals surface area contributed by atoms with Gasteiger partial charge in [-0.15, -0.1) is 0 Å². The highest BCUT2D eigenvalue weighted by Gasteiger charge is 2.41. The fraction of sp³-hybridized carbons (Fsp3) is 0.562. The fourth-order valence-electron chi connectivity index (χ4n) is 2.87. The van der Waals surface area contributed by atoms with Crippen molar-refractivity contribution in [3.8, 4) is 0 Å². The fourth-order valence-corrected chi connectivity index (χ4v) is 3.93. The zero-order valence-corrected chi connectivity index (χ0v) is 17.1. The number of carbonyl (C=O) groups excluding carboxylic acids is 1. The monoisotopic (exact) mass is 467 g/mol. The van der Waals surface area contributed by atoms with Crippen molar-refractivity contribution in [1.82, 2.24) is 24.5 Å². The quantitative estimate of drug-likeness (QED) is 0.644. The molecule has 148 valence electrons. The summed E-state index contributed by atoms with van der Waals surface area (Å²) in [6, 6.07) is 0. The molecule has 2 aromatic heterocycles. The normalized spacial score (nSPS) is 14.6. The van der Waals surface area contributed by atoms with Gasteiger partial charge in [0.25, 0.3) is 0 Å². The van der Waals surface area contributed by atoms with Gasteiger partial charge in [-0.3, -0.25) is 14.2 Å². The first-order valence-corrected chi connectivity index (χ1v) is 9.50. The summed E-state index contributed by atoms with van der Waals surface area (Å²) in [5, 5.41) is 8.19. The summed E-state index contributed by atoms with van der Waals surface area (Å²) in [5.41, 5.74) is 0.270. The summed E-state index contributed by atoms with van der Waals surface area (Å²) in [7, 11) is 3.34. The van der Waals surface area contributed by atoms with E-state index in [4.69, 9.17) is 11.6 Å². The molecule has 1 fully saturated rings. The molecule has 0 bridgehead atoms. The molecule has 11 heteroatoms. The van der Waals surface area contributed by atoms with Gasteiger partial charge < -0.3 is 4.90 Å². The van der Waals surface area contributed by atoms with E-state index < -0.39 is 11.9 Å². The van der Waals surface area contributed by atoms with Crippen LogP contribution in [-0.4, -0.2) is 37.4 Å². The second-order valence-corrected chi connectivity index (χ2v) is 7.81. The Morgan fingerprint density at radius 3 is 2.63 bits per heavy atom. The van der Waals surface area contributed by atoms with E-state index in [2.05, 4.69) is 26.1 Å². The predicted octanol–water partition coefficient (Wildman–Crippen LogP) is 3.98. The lowest BCUT2D eigenvalue weighted by atomic mass is 10.2. The maximum Gasteiger partial charge on any atom is 0.436 e. The van der Waals surface area contributed by atoms with Crippen molar-refractivity contribution in [1.29, 1.82) is 0 Å². The molecule has 0 radical (unpaired) electrons. The molecule has 0 spiro atoms. The molecule has 0 aromatic carbocycles. The lowest BCUT2D eigenvalue weighted by molar-refractivity contribution is -0.142. The van der Waals surface area contributed by atoms with E-state index in [0.29, 0.717) is 16.4 Å². The van der Waals surface area contributed by atoms with Crippen LogP contribution >= 0.6 is 27.5 Å². The van der Waals surface area contributed by atoms with Crippen LogP contribution in [0.4, 0.5) is 13.2 Å². The molecule has 2 heterocycles. The summed E-state index contributed by atoms with van der Waals surface area (Å²) in [5.74, 6) is -0.154. The summed E-state index contributed by atoms with van der Waals surface area (Å²) in [4.78, 5) is 13.9. The van der Waals surface area contributed by atoms with Gasteiger partial charge in [0, 0.05) is 26.4 Å². The summed E-state index contributed by atoms with van der Waals surface area (Å²) in [6.45, 7) is 0.350. The summed E-state index contributed by atoms with van der Waals surface area (Å²) >= 11 is 9.09. The molecule has 0 saturated heterocycles. The van der Waals surface area contributed by atoms with Crippen molar-refractivity contribution >= 4 is 33.4 Å². The zero-order chi connectivity index (χ0) is 19.9.